The minimum Gasteiger partial charge on any atom is -0.317 e. The van der Waals surface area contributed by atoms with Crippen LogP contribution in [0.1, 0.15) is 11.1 Å². The van der Waals surface area contributed by atoms with Crippen LogP contribution in [0.5, 0.6) is 0 Å². The first-order valence-electron chi connectivity index (χ1n) is 4.14. The maximum atomic E-state index is 12.5. The third-order valence-electron chi connectivity index (χ3n) is 1.85. The standard InChI is InChI=1S/C10H7BrF3N/c1-15-5-4-7-2-3-9(11)8(6-7)10(12,13)14/h2-3,6H,4-5H2. The van der Waals surface area contributed by atoms with Crippen molar-refractivity contribution in [3.05, 3.63) is 45.2 Å². The second kappa shape index (κ2) is 4.67. The van der Waals surface area contributed by atoms with Crippen molar-refractivity contribution < 1.29 is 13.2 Å². The van der Waals surface area contributed by atoms with Crippen molar-refractivity contribution in [3.8, 4) is 0 Å². The summed E-state index contributed by atoms with van der Waals surface area (Å²) in [6, 6.07) is 4.03. The van der Waals surface area contributed by atoms with Crippen LogP contribution in [0, 0.1) is 6.57 Å². The van der Waals surface area contributed by atoms with Crippen LogP contribution < -0.4 is 0 Å². The Kier molecular flexibility index (Phi) is 3.75. The fourth-order valence-electron chi connectivity index (χ4n) is 1.13. The molecule has 1 nitrogen and oxygen atoms in total. The van der Waals surface area contributed by atoms with E-state index in [2.05, 4.69) is 20.8 Å². The number of nitrogens with zero attached hydrogens (tertiary/aromatic N) is 1. The Labute approximate surface area is 93.9 Å². The van der Waals surface area contributed by atoms with Gasteiger partial charge in [-0.25, -0.2) is 6.57 Å². The number of benzene rings is 1. The van der Waals surface area contributed by atoms with E-state index in [1.807, 2.05) is 0 Å². The minimum absolute atomic E-state index is 0.0292. The molecule has 0 saturated heterocycles. The molecule has 0 N–H and O–H groups in total. The maximum Gasteiger partial charge on any atom is 0.417 e. The van der Waals surface area contributed by atoms with Crippen molar-refractivity contribution >= 4 is 15.9 Å². The zero-order valence-corrected chi connectivity index (χ0v) is 9.19. The number of halogens is 4. The lowest BCUT2D eigenvalue weighted by atomic mass is 10.1. The van der Waals surface area contributed by atoms with Gasteiger partial charge in [-0.3, -0.25) is 0 Å². The summed E-state index contributed by atoms with van der Waals surface area (Å²) in [6.07, 6.45) is -4.01. The molecule has 0 radical (unpaired) electrons. The van der Waals surface area contributed by atoms with Gasteiger partial charge in [0.25, 0.3) is 0 Å². The predicted molar refractivity (Wildman–Crippen MR) is 54.3 cm³/mol. The van der Waals surface area contributed by atoms with E-state index in [1.165, 1.54) is 6.07 Å². The average Bonchev–Trinajstić information content (AvgIpc) is 2.15. The molecule has 0 aromatic heterocycles. The monoisotopic (exact) mass is 277 g/mol. The molecular weight excluding hydrogens is 271 g/mol. The number of hydrogen-bond acceptors (Lipinski definition) is 0. The van der Waals surface area contributed by atoms with E-state index >= 15 is 0 Å². The summed E-state index contributed by atoms with van der Waals surface area (Å²) in [6.45, 7) is 6.77. The molecule has 0 saturated carbocycles. The Bertz CT molecular complexity index is 393. The first-order chi connectivity index (χ1) is 6.95. The quantitative estimate of drug-likeness (QED) is 0.722. The molecule has 1 rings (SSSR count). The summed E-state index contributed by atoms with van der Waals surface area (Å²) in [7, 11) is 0. The molecule has 15 heavy (non-hydrogen) atoms. The Balaban J connectivity index is 3.02. The van der Waals surface area contributed by atoms with Gasteiger partial charge in [0, 0.05) is 10.9 Å². The number of hydrogen-bond donors (Lipinski definition) is 0. The van der Waals surface area contributed by atoms with Crippen LogP contribution in [0.4, 0.5) is 13.2 Å². The molecule has 0 fully saturated rings. The number of rotatable bonds is 2. The summed E-state index contributed by atoms with van der Waals surface area (Å²) < 4.78 is 37.4. The highest BCUT2D eigenvalue weighted by Crippen LogP contribution is 2.35. The lowest BCUT2D eigenvalue weighted by molar-refractivity contribution is -0.138. The fourth-order valence-corrected chi connectivity index (χ4v) is 1.60. The van der Waals surface area contributed by atoms with Crippen LogP contribution in [0.15, 0.2) is 22.7 Å². The van der Waals surface area contributed by atoms with Gasteiger partial charge < -0.3 is 4.85 Å². The topological polar surface area (TPSA) is 4.36 Å². The van der Waals surface area contributed by atoms with E-state index < -0.39 is 11.7 Å². The summed E-state index contributed by atoms with van der Waals surface area (Å²) in [5, 5.41) is 0. The van der Waals surface area contributed by atoms with Gasteiger partial charge >= 0.3 is 6.18 Å². The molecular formula is C10H7BrF3N. The third-order valence-corrected chi connectivity index (χ3v) is 2.54. The van der Waals surface area contributed by atoms with Crippen LogP contribution in [0.2, 0.25) is 0 Å². The van der Waals surface area contributed by atoms with E-state index in [9.17, 15) is 13.2 Å². The molecule has 0 atom stereocenters. The van der Waals surface area contributed by atoms with Gasteiger partial charge in [0.05, 0.1) is 5.56 Å². The summed E-state index contributed by atoms with van der Waals surface area (Å²) >= 11 is 2.85. The van der Waals surface area contributed by atoms with E-state index in [0.29, 0.717) is 12.0 Å². The highest BCUT2D eigenvalue weighted by atomic mass is 79.9. The SMILES string of the molecule is [C-]#[N+]CCc1ccc(Br)c(C(F)(F)F)c1. The second-order valence-corrected chi connectivity index (χ2v) is 3.80. The second-order valence-electron chi connectivity index (χ2n) is 2.94. The summed E-state index contributed by atoms with van der Waals surface area (Å²) in [5.41, 5.74) is -0.161. The Morgan fingerprint density at radius 1 is 1.33 bits per heavy atom. The Morgan fingerprint density at radius 2 is 2.00 bits per heavy atom. The van der Waals surface area contributed by atoms with Gasteiger partial charge in [-0.1, -0.05) is 22.0 Å². The largest absolute Gasteiger partial charge is 0.417 e. The van der Waals surface area contributed by atoms with Crippen LogP contribution in [-0.2, 0) is 12.6 Å². The van der Waals surface area contributed by atoms with Crippen molar-refractivity contribution in [3.63, 3.8) is 0 Å². The van der Waals surface area contributed by atoms with Gasteiger partial charge in [0.15, 0.2) is 0 Å². The van der Waals surface area contributed by atoms with Crippen molar-refractivity contribution in [1.29, 1.82) is 0 Å². The van der Waals surface area contributed by atoms with Crippen LogP contribution >= 0.6 is 15.9 Å². The molecule has 0 amide bonds. The lowest BCUT2D eigenvalue weighted by Gasteiger charge is -2.10. The fraction of sp³-hybridized carbons (Fsp3) is 0.300. The van der Waals surface area contributed by atoms with Crippen LogP contribution in [0.25, 0.3) is 4.85 Å². The van der Waals surface area contributed by atoms with Crippen molar-refractivity contribution in [2.24, 2.45) is 0 Å². The molecule has 0 bridgehead atoms. The molecule has 0 aliphatic carbocycles. The predicted octanol–water partition coefficient (Wildman–Crippen LogP) is 3.93. The smallest absolute Gasteiger partial charge is 0.317 e. The van der Waals surface area contributed by atoms with Gasteiger partial charge in [0.1, 0.15) is 0 Å². The van der Waals surface area contributed by atoms with E-state index in [1.54, 1.807) is 6.07 Å². The van der Waals surface area contributed by atoms with Crippen molar-refractivity contribution in [2.75, 3.05) is 6.54 Å². The average molecular weight is 278 g/mol. The molecule has 0 unspecified atom stereocenters. The number of alkyl halides is 3. The zero-order valence-electron chi connectivity index (χ0n) is 7.61. The van der Waals surface area contributed by atoms with Gasteiger partial charge in [-0.15, -0.1) is 0 Å². The molecule has 0 aliphatic rings. The summed E-state index contributed by atoms with van der Waals surface area (Å²) in [5.74, 6) is 0. The molecule has 5 heteroatoms. The summed E-state index contributed by atoms with van der Waals surface area (Å²) in [4.78, 5) is 3.10. The zero-order chi connectivity index (χ0) is 11.5. The highest BCUT2D eigenvalue weighted by molar-refractivity contribution is 9.10. The van der Waals surface area contributed by atoms with Crippen molar-refractivity contribution in [2.45, 2.75) is 12.6 Å². The first kappa shape index (κ1) is 12.1. The third kappa shape index (κ3) is 3.24. The lowest BCUT2D eigenvalue weighted by Crippen LogP contribution is -2.07. The molecule has 0 aliphatic heterocycles. The van der Waals surface area contributed by atoms with Crippen LogP contribution in [0.3, 0.4) is 0 Å². The normalized spacial score (nSPS) is 11.1. The molecule has 1 aromatic carbocycles. The van der Waals surface area contributed by atoms with E-state index in [4.69, 9.17) is 6.57 Å². The van der Waals surface area contributed by atoms with E-state index in [0.717, 1.165) is 6.07 Å². The molecule has 0 spiro atoms. The van der Waals surface area contributed by atoms with Gasteiger partial charge in [-0.05, 0) is 17.7 Å². The van der Waals surface area contributed by atoms with Gasteiger partial charge in [-0.2, -0.15) is 13.2 Å². The van der Waals surface area contributed by atoms with Gasteiger partial charge in [0.2, 0.25) is 6.54 Å². The molecule has 0 heterocycles. The van der Waals surface area contributed by atoms with E-state index in [-0.39, 0.29) is 11.0 Å². The van der Waals surface area contributed by atoms with Crippen molar-refractivity contribution in [1.82, 2.24) is 0 Å². The minimum atomic E-state index is -4.35. The first-order valence-corrected chi connectivity index (χ1v) is 4.93. The molecule has 1 aromatic rings. The molecule has 80 valence electrons. The van der Waals surface area contributed by atoms with Crippen LogP contribution in [-0.4, -0.2) is 6.54 Å². The Morgan fingerprint density at radius 3 is 2.53 bits per heavy atom. The highest BCUT2D eigenvalue weighted by Gasteiger charge is 2.32. The maximum absolute atomic E-state index is 12.5. The Hall–Kier alpha value is -1.02.